The van der Waals surface area contributed by atoms with E-state index in [9.17, 15) is 19.7 Å². The van der Waals surface area contributed by atoms with Gasteiger partial charge in [-0.2, -0.15) is 0 Å². The summed E-state index contributed by atoms with van der Waals surface area (Å²) >= 11 is 8.08. The van der Waals surface area contributed by atoms with Crippen molar-refractivity contribution >= 4 is 63.8 Å². The predicted molar refractivity (Wildman–Crippen MR) is 120 cm³/mol. The molecule has 0 fully saturated rings. The van der Waals surface area contributed by atoms with Gasteiger partial charge in [-0.25, -0.2) is 9.79 Å². The Hall–Kier alpha value is -2.99. The number of nitro groups is 1. The molecule has 0 amide bonds. The summed E-state index contributed by atoms with van der Waals surface area (Å²) in [6, 6.07) is 7.02. The number of rotatable bonds is 6. The Morgan fingerprint density at radius 1 is 1.35 bits per heavy atom. The first-order valence-corrected chi connectivity index (χ1v) is 10.3. The molecule has 0 spiro atoms. The fourth-order valence-electron chi connectivity index (χ4n) is 2.65. The Morgan fingerprint density at radius 3 is 2.74 bits per heavy atom. The van der Waals surface area contributed by atoms with E-state index in [1.54, 1.807) is 19.1 Å². The largest absolute Gasteiger partial charge is 0.490 e. The molecule has 1 heterocycles. The number of esters is 2. The fourth-order valence-corrected chi connectivity index (χ4v) is 3.58. The molecule has 9 nitrogen and oxygen atoms in total. The molecule has 1 aliphatic rings. The van der Waals surface area contributed by atoms with Gasteiger partial charge in [0, 0.05) is 19.1 Å². The van der Waals surface area contributed by atoms with E-state index in [0.717, 1.165) is 0 Å². The van der Waals surface area contributed by atoms with Crippen molar-refractivity contribution in [2.24, 2.45) is 4.99 Å². The first kappa shape index (κ1) is 22.7. The van der Waals surface area contributed by atoms with Crippen LogP contribution < -0.4 is 9.47 Å². The third-order valence-corrected chi connectivity index (χ3v) is 5.02. The summed E-state index contributed by atoms with van der Waals surface area (Å²) in [7, 11) is 0. The number of nitro benzene ring substituents is 1. The predicted octanol–water partition coefficient (Wildman–Crippen LogP) is 4.52. The second kappa shape index (κ2) is 9.43. The summed E-state index contributed by atoms with van der Waals surface area (Å²) in [6.07, 6.45) is 1.46. The number of halogens is 2. The molecule has 31 heavy (non-hydrogen) atoms. The van der Waals surface area contributed by atoms with Crippen molar-refractivity contribution in [2.45, 2.75) is 13.8 Å². The van der Waals surface area contributed by atoms with Crippen LogP contribution in [0.2, 0.25) is 5.02 Å². The number of carbonyl (C=O) groups is 2. The fraction of sp³-hybridized carbons (Fsp3) is 0.150. The van der Waals surface area contributed by atoms with Crippen LogP contribution in [0.5, 0.6) is 11.5 Å². The first-order chi connectivity index (χ1) is 14.7. The van der Waals surface area contributed by atoms with Gasteiger partial charge in [0.15, 0.2) is 17.2 Å². The van der Waals surface area contributed by atoms with Crippen LogP contribution in [0.25, 0.3) is 6.08 Å². The number of carbonyl (C=O) groups excluding carboxylic acids is 2. The standard InChI is InChI=1S/C20H14ClIN2O7/c1-3-29-17-8-11(6-15(22)18(17)30-10(2)25)7-16-20(26)31-19(23-16)13-9-12(24(27)28)4-5-14(13)21/h4-9H,3H2,1-2H3/b16-7-. The van der Waals surface area contributed by atoms with Gasteiger partial charge in [-0.1, -0.05) is 11.6 Å². The Bertz CT molecular complexity index is 1160. The summed E-state index contributed by atoms with van der Waals surface area (Å²) in [4.78, 5) is 38.3. The van der Waals surface area contributed by atoms with Crippen LogP contribution in [-0.4, -0.2) is 29.4 Å². The average molecular weight is 557 g/mol. The van der Waals surface area contributed by atoms with E-state index in [1.165, 1.54) is 31.2 Å². The number of cyclic esters (lactones) is 1. The van der Waals surface area contributed by atoms with Gasteiger partial charge in [-0.3, -0.25) is 14.9 Å². The zero-order chi connectivity index (χ0) is 22.7. The van der Waals surface area contributed by atoms with Crippen LogP contribution in [0.15, 0.2) is 41.0 Å². The molecule has 2 aromatic carbocycles. The summed E-state index contributed by atoms with van der Waals surface area (Å²) < 4.78 is 16.5. The molecular weight excluding hydrogens is 543 g/mol. The van der Waals surface area contributed by atoms with E-state index in [-0.39, 0.29) is 33.6 Å². The van der Waals surface area contributed by atoms with E-state index < -0.39 is 16.9 Å². The lowest BCUT2D eigenvalue weighted by atomic mass is 10.1. The lowest BCUT2D eigenvalue weighted by Crippen LogP contribution is -2.07. The number of ether oxygens (including phenoxy) is 3. The molecule has 11 heteroatoms. The number of hydrogen-bond donors (Lipinski definition) is 0. The van der Waals surface area contributed by atoms with E-state index in [2.05, 4.69) is 4.99 Å². The Balaban J connectivity index is 2.01. The number of nitrogens with zero attached hydrogens (tertiary/aromatic N) is 2. The molecule has 2 aromatic rings. The molecule has 0 atom stereocenters. The van der Waals surface area contributed by atoms with Crippen LogP contribution in [0.3, 0.4) is 0 Å². The summed E-state index contributed by atoms with van der Waals surface area (Å²) in [5.74, 6) is -0.768. The zero-order valence-corrected chi connectivity index (χ0v) is 19.1. The third-order valence-electron chi connectivity index (χ3n) is 3.89. The minimum atomic E-state index is -0.741. The van der Waals surface area contributed by atoms with Crippen molar-refractivity contribution in [1.29, 1.82) is 0 Å². The van der Waals surface area contributed by atoms with Gasteiger partial charge in [0.2, 0.25) is 5.90 Å². The molecule has 0 aliphatic carbocycles. The smallest absolute Gasteiger partial charge is 0.363 e. The van der Waals surface area contributed by atoms with Gasteiger partial charge >= 0.3 is 11.9 Å². The average Bonchev–Trinajstić information content (AvgIpc) is 3.05. The van der Waals surface area contributed by atoms with Crippen molar-refractivity contribution in [3.8, 4) is 11.5 Å². The lowest BCUT2D eigenvalue weighted by molar-refractivity contribution is -0.384. The van der Waals surface area contributed by atoms with E-state index in [4.69, 9.17) is 25.8 Å². The number of non-ortho nitro benzene ring substituents is 1. The molecule has 0 N–H and O–H groups in total. The second-order valence-electron chi connectivity index (χ2n) is 6.11. The quantitative estimate of drug-likeness (QED) is 0.128. The van der Waals surface area contributed by atoms with Crippen molar-refractivity contribution in [2.75, 3.05) is 6.61 Å². The molecule has 3 rings (SSSR count). The van der Waals surface area contributed by atoms with Crippen LogP contribution in [0.1, 0.15) is 25.0 Å². The van der Waals surface area contributed by atoms with Crippen LogP contribution in [0.4, 0.5) is 5.69 Å². The molecule has 0 bridgehead atoms. The van der Waals surface area contributed by atoms with E-state index in [0.29, 0.717) is 21.5 Å². The Kier molecular flexibility index (Phi) is 6.91. The maximum atomic E-state index is 12.3. The number of hydrogen-bond acceptors (Lipinski definition) is 8. The molecule has 0 aromatic heterocycles. The van der Waals surface area contributed by atoms with Gasteiger partial charge in [-0.05, 0) is 59.4 Å². The normalized spacial score (nSPS) is 14.3. The topological polar surface area (TPSA) is 117 Å². The minimum Gasteiger partial charge on any atom is -0.490 e. The monoisotopic (exact) mass is 556 g/mol. The van der Waals surface area contributed by atoms with Crippen molar-refractivity contribution in [1.82, 2.24) is 0 Å². The highest BCUT2D eigenvalue weighted by atomic mass is 127. The third kappa shape index (κ3) is 5.20. The van der Waals surface area contributed by atoms with Crippen LogP contribution in [-0.2, 0) is 14.3 Å². The van der Waals surface area contributed by atoms with Crippen molar-refractivity contribution in [3.63, 3.8) is 0 Å². The minimum absolute atomic E-state index is 0.0314. The molecule has 0 unspecified atom stereocenters. The van der Waals surface area contributed by atoms with Gasteiger partial charge in [0.05, 0.1) is 25.7 Å². The van der Waals surface area contributed by atoms with E-state index in [1.807, 2.05) is 22.6 Å². The Labute approximate surface area is 194 Å². The van der Waals surface area contributed by atoms with Crippen LogP contribution >= 0.6 is 34.2 Å². The highest BCUT2D eigenvalue weighted by Crippen LogP contribution is 2.35. The highest BCUT2D eigenvalue weighted by Gasteiger charge is 2.27. The van der Waals surface area contributed by atoms with Gasteiger partial charge in [0.25, 0.3) is 5.69 Å². The summed E-state index contributed by atoms with van der Waals surface area (Å²) in [6.45, 7) is 3.40. The second-order valence-corrected chi connectivity index (χ2v) is 7.68. The number of benzene rings is 2. The molecule has 0 saturated carbocycles. The summed E-state index contributed by atoms with van der Waals surface area (Å²) in [5, 5.41) is 11.2. The molecule has 0 saturated heterocycles. The first-order valence-electron chi connectivity index (χ1n) is 8.81. The Morgan fingerprint density at radius 2 is 2.10 bits per heavy atom. The van der Waals surface area contributed by atoms with Crippen LogP contribution in [0, 0.1) is 13.7 Å². The maximum absolute atomic E-state index is 12.3. The van der Waals surface area contributed by atoms with Gasteiger partial charge in [-0.15, -0.1) is 0 Å². The van der Waals surface area contributed by atoms with Gasteiger partial charge in [0.1, 0.15) is 0 Å². The SMILES string of the molecule is CCOc1cc(/C=C2\N=C(c3cc([N+](=O)[O-])ccc3Cl)OC2=O)cc(I)c1OC(C)=O. The molecule has 160 valence electrons. The maximum Gasteiger partial charge on any atom is 0.363 e. The molecular formula is C20H14ClIN2O7. The molecule has 1 aliphatic heterocycles. The van der Waals surface area contributed by atoms with Crippen molar-refractivity contribution < 1.29 is 28.7 Å². The highest BCUT2D eigenvalue weighted by molar-refractivity contribution is 14.1. The van der Waals surface area contributed by atoms with Gasteiger partial charge < -0.3 is 14.2 Å². The summed E-state index contributed by atoms with van der Waals surface area (Å²) in [5.41, 5.74) is 0.428. The van der Waals surface area contributed by atoms with Crippen molar-refractivity contribution in [3.05, 3.63) is 65.9 Å². The molecule has 0 radical (unpaired) electrons. The number of aliphatic imine (C=N–C) groups is 1. The zero-order valence-electron chi connectivity index (χ0n) is 16.2. The van der Waals surface area contributed by atoms with E-state index >= 15 is 0 Å². The lowest BCUT2D eigenvalue weighted by Gasteiger charge is -2.12.